The molecule has 0 aromatic heterocycles. The lowest BCUT2D eigenvalue weighted by Gasteiger charge is -2.21. The minimum atomic E-state index is -0.573. The van der Waals surface area contributed by atoms with Crippen molar-refractivity contribution < 1.29 is 19.1 Å². The Hall–Kier alpha value is -2.14. The maximum absolute atomic E-state index is 12.2. The van der Waals surface area contributed by atoms with E-state index in [1.807, 2.05) is 51.1 Å². The lowest BCUT2D eigenvalue weighted by atomic mass is 10.0. The predicted octanol–water partition coefficient (Wildman–Crippen LogP) is 3.15. The molecule has 124 valence electrons. The Bertz CT molecular complexity index is 568. The zero-order valence-corrected chi connectivity index (χ0v) is 13.8. The van der Waals surface area contributed by atoms with E-state index in [4.69, 9.17) is 9.47 Å². The number of imide groups is 1. The van der Waals surface area contributed by atoms with Crippen molar-refractivity contribution in [3.63, 3.8) is 0 Å². The van der Waals surface area contributed by atoms with E-state index in [0.29, 0.717) is 6.61 Å². The standard InChI is InChI=1S/C18H23NO4/c1-13(2)16-12-23-18(21)19(16)17(20)10-9-14(3)22-11-15-7-5-4-6-8-15/h4-10,13-14,16H,11-12H2,1-3H3/b10-9+/t14-,16-/m1/s1. The molecule has 2 rings (SSSR count). The minimum absolute atomic E-state index is 0.158. The van der Waals surface area contributed by atoms with Gasteiger partial charge in [0.05, 0.1) is 18.8 Å². The fraction of sp³-hybridized carbons (Fsp3) is 0.444. The van der Waals surface area contributed by atoms with E-state index in [2.05, 4.69) is 0 Å². The second-order valence-corrected chi connectivity index (χ2v) is 5.96. The topological polar surface area (TPSA) is 55.8 Å². The van der Waals surface area contributed by atoms with Gasteiger partial charge in [0.2, 0.25) is 0 Å². The Morgan fingerprint density at radius 2 is 2.04 bits per heavy atom. The van der Waals surface area contributed by atoms with E-state index < -0.39 is 6.09 Å². The Balaban J connectivity index is 1.88. The molecule has 5 nitrogen and oxygen atoms in total. The minimum Gasteiger partial charge on any atom is -0.447 e. The van der Waals surface area contributed by atoms with Crippen molar-refractivity contribution in [3.8, 4) is 0 Å². The molecular weight excluding hydrogens is 294 g/mol. The summed E-state index contributed by atoms with van der Waals surface area (Å²) < 4.78 is 10.6. The Labute approximate surface area is 136 Å². The molecule has 0 bridgehead atoms. The highest BCUT2D eigenvalue weighted by molar-refractivity contribution is 5.99. The maximum Gasteiger partial charge on any atom is 0.417 e. The molecule has 23 heavy (non-hydrogen) atoms. The van der Waals surface area contributed by atoms with Crippen molar-refractivity contribution in [2.24, 2.45) is 5.92 Å². The number of hydrogen-bond acceptors (Lipinski definition) is 4. The Morgan fingerprint density at radius 1 is 1.35 bits per heavy atom. The first kappa shape index (κ1) is 17.2. The predicted molar refractivity (Wildman–Crippen MR) is 86.7 cm³/mol. The van der Waals surface area contributed by atoms with Gasteiger partial charge < -0.3 is 9.47 Å². The van der Waals surface area contributed by atoms with E-state index in [9.17, 15) is 9.59 Å². The molecule has 2 atom stereocenters. The number of cyclic esters (lactones) is 1. The highest BCUT2D eigenvalue weighted by atomic mass is 16.6. The molecular formula is C18H23NO4. The number of amides is 2. The second-order valence-electron chi connectivity index (χ2n) is 5.96. The second kappa shape index (κ2) is 7.92. The molecule has 0 spiro atoms. The van der Waals surface area contributed by atoms with Crippen LogP contribution >= 0.6 is 0 Å². The number of hydrogen-bond donors (Lipinski definition) is 0. The summed E-state index contributed by atoms with van der Waals surface area (Å²) in [5, 5.41) is 0. The molecule has 1 aromatic carbocycles. The van der Waals surface area contributed by atoms with E-state index in [-0.39, 0.29) is 30.6 Å². The van der Waals surface area contributed by atoms with E-state index in [1.165, 1.54) is 11.0 Å². The number of carbonyl (C=O) groups is 2. The first-order valence-electron chi connectivity index (χ1n) is 7.82. The lowest BCUT2D eigenvalue weighted by molar-refractivity contribution is -0.124. The zero-order valence-electron chi connectivity index (χ0n) is 13.8. The Morgan fingerprint density at radius 3 is 2.70 bits per heavy atom. The van der Waals surface area contributed by atoms with Crippen molar-refractivity contribution >= 4 is 12.0 Å². The first-order valence-corrected chi connectivity index (χ1v) is 7.82. The Kier molecular flexibility index (Phi) is 5.93. The van der Waals surface area contributed by atoms with Crippen LogP contribution in [0.2, 0.25) is 0 Å². The van der Waals surface area contributed by atoms with Crippen LogP contribution in [0, 0.1) is 5.92 Å². The third-order valence-corrected chi connectivity index (χ3v) is 3.78. The zero-order chi connectivity index (χ0) is 16.8. The summed E-state index contributed by atoms with van der Waals surface area (Å²) in [7, 11) is 0. The molecule has 1 heterocycles. The number of carbonyl (C=O) groups excluding carboxylic acids is 2. The SMILES string of the molecule is CC(C)[C@H]1COC(=O)N1C(=O)/C=C/[C@@H](C)OCc1ccccc1. The van der Waals surface area contributed by atoms with Gasteiger partial charge in [-0.3, -0.25) is 4.79 Å². The molecule has 2 amide bonds. The van der Waals surface area contributed by atoms with Crippen LogP contribution in [-0.4, -0.2) is 35.7 Å². The lowest BCUT2D eigenvalue weighted by Crippen LogP contribution is -2.41. The smallest absolute Gasteiger partial charge is 0.417 e. The van der Waals surface area contributed by atoms with Crippen LogP contribution in [0.15, 0.2) is 42.5 Å². The summed E-state index contributed by atoms with van der Waals surface area (Å²) in [6, 6.07) is 9.61. The van der Waals surface area contributed by atoms with Gasteiger partial charge in [0.25, 0.3) is 5.91 Å². The van der Waals surface area contributed by atoms with Crippen molar-refractivity contribution in [2.45, 2.75) is 39.5 Å². The summed E-state index contributed by atoms with van der Waals surface area (Å²) in [5.41, 5.74) is 1.07. The molecule has 0 N–H and O–H groups in total. The third-order valence-electron chi connectivity index (χ3n) is 3.78. The number of benzene rings is 1. The third kappa shape index (κ3) is 4.66. The summed E-state index contributed by atoms with van der Waals surface area (Å²) in [6.07, 6.45) is 2.25. The van der Waals surface area contributed by atoms with Gasteiger partial charge in [-0.15, -0.1) is 0 Å². The first-order chi connectivity index (χ1) is 11.0. The molecule has 1 aliphatic rings. The number of nitrogens with zero attached hydrogens (tertiary/aromatic N) is 1. The summed E-state index contributed by atoms with van der Waals surface area (Å²) in [6.45, 7) is 6.51. The van der Waals surface area contributed by atoms with Crippen molar-refractivity contribution in [2.75, 3.05) is 6.61 Å². The van der Waals surface area contributed by atoms with Crippen molar-refractivity contribution in [3.05, 3.63) is 48.0 Å². The monoisotopic (exact) mass is 317 g/mol. The molecule has 1 aliphatic heterocycles. The van der Waals surface area contributed by atoms with Crippen LogP contribution < -0.4 is 0 Å². The fourth-order valence-corrected chi connectivity index (χ4v) is 2.34. The van der Waals surface area contributed by atoms with Crippen molar-refractivity contribution in [1.82, 2.24) is 4.90 Å². The van der Waals surface area contributed by atoms with Crippen LogP contribution in [0.25, 0.3) is 0 Å². The van der Waals surface area contributed by atoms with Gasteiger partial charge >= 0.3 is 6.09 Å². The molecule has 0 radical (unpaired) electrons. The molecule has 5 heteroatoms. The van der Waals surface area contributed by atoms with E-state index in [1.54, 1.807) is 6.08 Å². The van der Waals surface area contributed by atoms with Crippen LogP contribution in [0.3, 0.4) is 0 Å². The number of ether oxygens (including phenoxy) is 2. The average Bonchev–Trinajstić information content (AvgIpc) is 2.93. The molecule has 1 saturated heterocycles. The van der Waals surface area contributed by atoms with Gasteiger partial charge in [0.15, 0.2) is 0 Å². The largest absolute Gasteiger partial charge is 0.447 e. The molecule has 1 aromatic rings. The van der Waals surface area contributed by atoms with Gasteiger partial charge in [-0.1, -0.05) is 50.3 Å². The molecule has 1 fully saturated rings. The van der Waals surface area contributed by atoms with E-state index >= 15 is 0 Å². The van der Waals surface area contributed by atoms with Gasteiger partial charge in [-0.05, 0) is 18.4 Å². The van der Waals surface area contributed by atoms with Crippen LogP contribution in [0.1, 0.15) is 26.3 Å². The fourth-order valence-electron chi connectivity index (χ4n) is 2.34. The maximum atomic E-state index is 12.2. The average molecular weight is 317 g/mol. The van der Waals surface area contributed by atoms with Gasteiger partial charge in [-0.2, -0.15) is 0 Å². The van der Waals surface area contributed by atoms with Crippen molar-refractivity contribution in [1.29, 1.82) is 0 Å². The quantitative estimate of drug-likeness (QED) is 0.756. The van der Waals surface area contributed by atoms with Gasteiger partial charge in [0, 0.05) is 6.08 Å². The van der Waals surface area contributed by atoms with Crippen LogP contribution in [-0.2, 0) is 20.9 Å². The summed E-state index contributed by atoms with van der Waals surface area (Å²) in [5.74, 6) is -0.202. The van der Waals surface area contributed by atoms with Crippen LogP contribution in [0.4, 0.5) is 4.79 Å². The normalized spacial score (nSPS) is 19.4. The molecule has 0 unspecified atom stereocenters. The van der Waals surface area contributed by atoms with Crippen LogP contribution in [0.5, 0.6) is 0 Å². The summed E-state index contributed by atoms with van der Waals surface area (Å²) >= 11 is 0. The summed E-state index contributed by atoms with van der Waals surface area (Å²) in [4.78, 5) is 25.1. The van der Waals surface area contributed by atoms with E-state index in [0.717, 1.165) is 5.56 Å². The highest BCUT2D eigenvalue weighted by Crippen LogP contribution is 2.20. The van der Waals surface area contributed by atoms with Gasteiger partial charge in [0.1, 0.15) is 6.61 Å². The molecule has 0 aliphatic carbocycles. The molecule has 0 saturated carbocycles. The number of rotatable bonds is 6. The van der Waals surface area contributed by atoms with Gasteiger partial charge in [-0.25, -0.2) is 9.69 Å². The highest BCUT2D eigenvalue weighted by Gasteiger charge is 2.38.